The molecule has 1 heterocycles. The van der Waals surface area contributed by atoms with Crippen molar-refractivity contribution in [1.82, 2.24) is 5.32 Å². The molecule has 28 heavy (non-hydrogen) atoms. The average molecular weight is 423 g/mol. The molecule has 2 aromatic carbocycles. The summed E-state index contributed by atoms with van der Waals surface area (Å²) in [5.74, 6) is 0.524. The van der Waals surface area contributed by atoms with Crippen molar-refractivity contribution in [3.05, 3.63) is 65.7 Å². The highest BCUT2D eigenvalue weighted by atomic mass is 35.5. The van der Waals surface area contributed by atoms with Gasteiger partial charge in [-0.05, 0) is 55.1 Å². The second kappa shape index (κ2) is 10.6. The largest absolute Gasteiger partial charge is 0.326 e. The van der Waals surface area contributed by atoms with Crippen LogP contribution < -0.4 is 10.6 Å². The zero-order chi connectivity index (χ0) is 19.1. The molecule has 1 unspecified atom stereocenters. The molecular formula is C21H27ClN2O3S. The van der Waals surface area contributed by atoms with Gasteiger partial charge in [-0.15, -0.1) is 12.4 Å². The van der Waals surface area contributed by atoms with Crippen LogP contribution in [0.2, 0.25) is 0 Å². The Kier molecular flexibility index (Phi) is 8.48. The van der Waals surface area contributed by atoms with Crippen molar-refractivity contribution in [3.8, 4) is 0 Å². The monoisotopic (exact) mass is 422 g/mol. The molecule has 0 saturated carbocycles. The summed E-state index contributed by atoms with van der Waals surface area (Å²) in [5, 5.41) is 6.19. The summed E-state index contributed by atoms with van der Waals surface area (Å²) in [6.07, 6.45) is 2.49. The summed E-state index contributed by atoms with van der Waals surface area (Å²) >= 11 is 0. The van der Waals surface area contributed by atoms with E-state index in [4.69, 9.17) is 0 Å². The molecule has 7 heteroatoms. The third-order valence-electron chi connectivity index (χ3n) is 4.77. The van der Waals surface area contributed by atoms with E-state index in [2.05, 4.69) is 10.6 Å². The van der Waals surface area contributed by atoms with Crippen molar-refractivity contribution in [2.24, 2.45) is 5.92 Å². The van der Waals surface area contributed by atoms with E-state index in [1.807, 2.05) is 30.3 Å². The maximum absolute atomic E-state index is 12.5. The lowest BCUT2D eigenvalue weighted by Gasteiger charge is -2.10. The van der Waals surface area contributed by atoms with E-state index in [1.54, 1.807) is 24.3 Å². The van der Waals surface area contributed by atoms with Gasteiger partial charge in [-0.2, -0.15) is 0 Å². The van der Waals surface area contributed by atoms with Crippen molar-refractivity contribution in [2.75, 3.05) is 18.4 Å². The summed E-state index contributed by atoms with van der Waals surface area (Å²) < 4.78 is 24.9. The molecule has 0 radical (unpaired) electrons. The zero-order valence-electron chi connectivity index (χ0n) is 15.8. The van der Waals surface area contributed by atoms with Crippen LogP contribution in [0.3, 0.4) is 0 Å². The summed E-state index contributed by atoms with van der Waals surface area (Å²) in [6.45, 7) is 2.02. The molecule has 1 fully saturated rings. The molecule has 5 nitrogen and oxygen atoms in total. The Balaban J connectivity index is 0.00000280. The molecule has 3 rings (SSSR count). The van der Waals surface area contributed by atoms with Gasteiger partial charge in [0.1, 0.15) is 0 Å². The number of carbonyl (C=O) groups excluding carboxylic acids is 1. The Morgan fingerprint density at radius 1 is 1.04 bits per heavy atom. The molecule has 2 aromatic rings. The van der Waals surface area contributed by atoms with Gasteiger partial charge in [0, 0.05) is 12.1 Å². The van der Waals surface area contributed by atoms with Crippen molar-refractivity contribution in [1.29, 1.82) is 0 Å². The zero-order valence-corrected chi connectivity index (χ0v) is 17.4. The number of halogens is 1. The fourth-order valence-corrected chi connectivity index (χ4v) is 4.88. The van der Waals surface area contributed by atoms with Crippen LogP contribution >= 0.6 is 12.4 Å². The van der Waals surface area contributed by atoms with Crippen molar-refractivity contribution in [2.45, 2.75) is 30.8 Å². The lowest BCUT2D eigenvalue weighted by Crippen LogP contribution is -2.15. The maximum Gasteiger partial charge on any atom is 0.224 e. The second-order valence-electron chi connectivity index (χ2n) is 7.16. The molecule has 1 amide bonds. The third kappa shape index (κ3) is 7.26. The lowest BCUT2D eigenvalue weighted by atomic mass is 10.0. The van der Waals surface area contributed by atoms with Gasteiger partial charge in [0.15, 0.2) is 9.84 Å². The van der Waals surface area contributed by atoms with E-state index >= 15 is 0 Å². The second-order valence-corrected chi connectivity index (χ2v) is 9.23. The van der Waals surface area contributed by atoms with Gasteiger partial charge < -0.3 is 10.6 Å². The van der Waals surface area contributed by atoms with E-state index in [9.17, 15) is 13.2 Å². The number of benzene rings is 2. The van der Waals surface area contributed by atoms with Gasteiger partial charge >= 0.3 is 0 Å². The SMILES string of the molecule is Cl.O=C(CCC1CCNC1)Nc1cccc(CS(=O)(=O)Cc2ccccc2)c1. The van der Waals surface area contributed by atoms with E-state index in [1.165, 1.54) is 0 Å². The van der Waals surface area contributed by atoms with Crippen LogP contribution in [0.25, 0.3) is 0 Å². The van der Waals surface area contributed by atoms with Crippen LogP contribution in [0.4, 0.5) is 5.69 Å². The summed E-state index contributed by atoms with van der Waals surface area (Å²) in [6, 6.07) is 16.3. The first kappa shape index (κ1) is 22.4. The maximum atomic E-state index is 12.5. The van der Waals surface area contributed by atoms with Gasteiger partial charge in [-0.25, -0.2) is 8.42 Å². The summed E-state index contributed by atoms with van der Waals surface area (Å²) in [4.78, 5) is 12.2. The molecule has 152 valence electrons. The quantitative estimate of drug-likeness (QED) is 0.682. The topological polar surface area (TPSA) is 75.3 Å². The molecule has 1 aliphatic rings. The highest BCUT2D eigenvalue weighted by Gasteiger charge is 2.16. The molecule has 1 saturated heterocycles. The van der Waals surface area contributed by atoms with Crippen molar-refractivity contribution in [3.63, 3.8) is 0 Å². The van der Waals surface area contributed by atoms with Crippen LogP contribution in [0.15, 0.2) is 54.6 Å². The molecule has 0 aliphatic carbocycles. The first-order valence-electron chi connectivity index (χ1n) is 9.34. The first-order chi connectivity index (χ1) is 13.0. The van der Waals surface area contributed by atoms with Gasteiger partial charge in [-0.1, -0.05) is 42.5 Å². The smallest absolute Gasteiger partial charge is 0.224 e. The number of carbonyl (C=O) groups is 1. The molecule has 1 aliphatic heterocycles. The Morgan fingerprint density at radius 2 is 1.75 bits per heavy atom. The average Bonchev–Trinajstić information content (AvgIpc) is 3.14. The minimum atomic E-state index is -3.27. The minimum absolute atomic E-state index is 0. The van der Waals surface area contributed by atoms with Gasteiger partial charge in [0.2, 0.25) is 5.91 Å². The Morgan fingerprint density at radius 3 is 2.46 bits per heavy atom. The van der Waals surface area contributed by atoms with Crippen LogP contribution in [-0.4, -0.2) is 27.4 Å². The number of nitrogens with one attached hydrogen (secondary N) is 2. The third-order valence-corrected chi connectivity index (χ3v) is 6.32. The fraction of sp³-hybridized carbons (Fsp3) is 0.381. The van der Waals surface area contributed by atoms with E-state index < -0.39 is 9.84 Å². The number of hydrogen-bond acceptors (Lipinski definition) is 4. The highest BCUT2D eigenvalue weighted by molar-refractivity contribution is 7.89. The minimum Gasteiger partial charge on any atom is -0.326 e. The van der Waals surface area contributed by atoms with Gasteiger partial charge in [0.25, 0.3) is 0 Å². The van der Waals surface area contributed by atoms with Crippen LogP contribution in [-0.2, 0) is 26.1 Å². The predicted octanol–water partition coefficient (Wildman–Crippen LogP) is 3.55. The molecule has 0 aromatic heterocycles. The molecular weight excluding hydrogens is 396 g/mol. The number of anilines is 1. The molecule has 0 bridgehead atoms. The molecule has 1 atom stereocenters. The normalized spacial score (nSPS) is 16.4. The molecule has 2 N–H and O–H groups in total. The Hall–Kier alpha value is -1.89. The Bertz CT molecular complexity index is 866. The number of rotatable bonds is 8. The number of sulfone groups is 1. The standard InChI is InChI=1S/C21H26N2O3S.ClH/c24-21(10-9-17-11-12-22-14-17)23-20-8-4-7-19(13-20)16-27(25,26)15-18-5-2-1-3-6-18;/h1-8,13,17,22H,9-12,14-16H2,(H,23,24);1H. The van der Waals surface area contributed by atoms with Gasteiger partial charge in [-0.3, -0.25) is 4.79 Å². The van der Waals surface area contributed by atoms with Gasteiger partial charge in [0.05, 0.1) is 11.5 Å². The lowest BCUT2D eigenvalue weighted by molar-refractivity contribution is -0.116. The first-order valence-corrected chi connectivity index (χ1v) is 11.2. The van der Waals surface area contributed by atoms with E-state index in [0.717, 1.165) is 31.5 Å². The van der Waals surface area contributed by atoms with E-state index in [-0.39, 0.29) is 29.8 Å². The Labute approximate surface area is 173 Å². The van der Waals surface area contributed by atoms with Crippen molar-refractivity contribution < 1.29 is 13.2 Å². The summed E-state index contributed by atoms with van der Waals surface area (Å²) in [7, 11) is -3.27. The number of amides is 1. The van der Waals surface area contributed by atoms with Crippen molar-refractivity contribution >= 4 is 33.8 Å². The van der Waals surface area contributed by atoms with E-state index in [0.29, 0.717) is 23.6 Å². The van der Waals surface area contributed by atoms with Crippen LogP contribution in [0, 0.1) is 5.92 Å². The predicted molar refractivity (Wildman–Crippen MR) is 115 cm³/mol. The molecule has 0 spiro atoms. The summed E-state index contributed by atoms with van der Waals surface area (Å²) in [5.41, 5.74) is 2.11. The highest BCUT2D eigenvalue weighted by Crippen LogP contribution is 2.18. The van der Waals surface area contributed by atoms with Crippen LogP contribution in [0.5, 0.6) is 0 Å². The number of hydrogen-bond donors (Lipinski definition) is 2. The van der Waals surface area contributed by atoms with Crippen LogP contribution in [0.1, 0.15) is 30.4 Å². The fourth-order valence-electron chi connectivity index (χ4n) is 3.39.